The molecule has 0 unspecified atom stereocenters. The maximum atomic E-state index is 13.9. The normalized spacial score (nSPS) is 20.9. The number of hydrogen-bond acceptors (Lipinski definition) is 4. The quantitative estimate of drug-likeness (QED) is 0.667. The van der Waals surface area contributed by atoms with Gasteiger partial charge in [0.25, 0.3) is 5.91 Å². The first-order valence-electron chi connectivity index (χ1n) is 9.17. The number of nitriles is 1. The topological polar surface area (TPSA) is 94.7 Å². The molecule has 1 saturated heterocycles. The van der Waals surface area contributed by atoms with Crippen LogP contribution >= 0.6 is 0 Å². The summed E-state index contributed by atoms with van der Waals surface area (Å²) in [4.78, 5) is 12.6. The van der Waals surface area contributed by atoms with Gasteiger partial charge in [-0.3, -0.25) is 4.79 Å². The Morgan fingerprint density at radius 3 is 2.54 bits per heavy atom. The molecule has 2 N–H and O–H groups in total. The standard InChI is InChI=1S/C18H22F2N4O3S/c1-18(12-21,13-2-3-13)22-17(25)11-23-6-8-24(9-7-23)28(26,27)16-5-4-14(19)10-15(16)20/h4-5,10,13H,2-3,6-9,11H2,1H3,(H,22,25)/p+1/t18-/m0/s1. The zero-order valence-corrected chi connectivity index (χ0v) is 16.4. The van der Waals surface area contributed by atoms with Crippen molar-refractivity contribution in [3.8, 4) is 6.07 Å². The highest BCUT2D eigenvalue weighted by atomic mass is 32.2. The molecule has 28 heavy (non-hydrogen) atoms. The van der Waals surface area contributed by atoms with E-state index in [4.69, 9.17) is 0 Å². The molecule has 1 saturated carbocycles. The van der Waals surface area contributed by atoms with Crippen LogP contribution in [0.15, 0.2) is 23.1 Å². The molecule has 3 rings (SSSR count). The minimum atomic E-state index is -4.06. The summed E-state index contributed by atoms with van der Waals surface area (Å²) in [6, 6.07) is 4.55. The van der Waals surface area contributed by atoms with Crippen molar-refractivity contribution in [3.63, 3.8) is 0 Å². The van der Waals surface area contributed by atoms with Crippen molar-refractivity contribution in [3.05, 3.63) is 29.8 Å². The van der Waals surface area contributed by atoms with E-state index in [2.05, 4.69) is 11.4 Å². The molecule has 1 atom stereocenters. The highest BCUT2D eigenvalue weighted by Gasteiger charge is 2.43. The van der Waals surface area contributed by atoms with Gasteiger partial charge in [0.1, 0.15) is 22.1 Å². The summed E-state index contributed by atoms with van der Waals surface area (Å²) >= 11 is 0. The molecule has 152 valence electrons. The summed E-state index contributed by atoms with van der Waals surface area (Å²) in [6.45, 7) is 2.87. The first kappa shape index (κ1) is 20.6. The van der Waals surface area contributed by atoms with Gasteiger partial charge in [-0.05, 0) is 37.8 Å². The van der Waals surface area contributed by atoms with Crippen LogP contribution in [0, 0.1) is 28.9 Å². The van der Waals surface area contributed by atoms with Gasteiger partial charge in [-0.25, -0.2) is 17.2 Å². The van der Waals surface area contributed by atoms with Gasteiger partial charge >= 0.3 is 0 Å². The van der Waals surface area contributed by atoms with E-state index < -0.39 is 32.1 Å². The first-order chi connectivity index (χ1) is 13.2. The van der Waals surface area contributed by atoms with Crippen LogP contribution in [-0.2, 0) is 14.8 Å². The van der Waals surface area contributed by atoms with E-state index in [1.807, 2.05) is 0 Å². The van der Waals surface area contributed by atoms with E-state index in [1.54, 1.807) is 6.92 Å². The average molecular weight is 413 g/mol. The molecule has 0 bridgehead atoms. The maximum absolute atomic E-state index is 13.9. The number of hydrogen-bond donors (Lipinski definition) is 2. The largest absolute Gasteiger partial charge is 0.333 e. The van der Waals surface area contributed by atoms with Gasteiger partial charge in [0.15, 0.2) is 6.54 Å². The Morgan fingerprint density at radius 1 is 1.36 bits per heavy atom. The van der Waals surface area contributed by atoms with Crippen LogP contribution in [-0.4, -0.2) is 56.9 Å². The van der Waals surface area contributed by atoms with Gasteiger partial charge in [0, 0.05) is 6.07 Å². The summed E-state index contributed by atoms with van der Waals surface area (Å²) in [5.74, 6) is -2.02. The highest BCUT2D eigenvalue weighted by Crippen LogP contribution is 2.39. The summed E-state index contributed by atoms with van der Waals surface area (Å²) in [5, 5.41) is 12.1. The fourth-order valence-electron chi connectivity index (χ4n) is 3.49. The molecule has 10 heteroatoms. The van der Waals surface area contributed by atoms with E-state index >= 15 is 0 Å². The Kier molecular flexibility index (Phi) is 5.70. The van der Waals surface area contributed by atoms with Crippen molar-refractivity contribution >= 4 is 15.9 Å². The average Bonchev–Trinajstić information content (AvgIpc) is 3.47. The van der Waals surface area contributed by atoms with Crippen molar-refractivity contribution in [1.29, 1.82) is 5.26 Å². The second kappa shape index (κ2) is 7.73. The molecular weight excluding hydrogens is 390 g/mol. The van der Waals surface area contributed by atoms with Crippen molar-refractivity contribution in [2.24, 2.45) is 5.92 Å². The fourth-order valence-corrected chi connectivity index (χ4v) is 4.97. The molecule has 7 nitrogen and oxygen atoms in total. The molecule has 2 aliphatic rings. The number of nitrogens with one attached hydrogen (secondary N) is 2. The summed E-state index contributed by atoms with van der Waals surface area (Å²) in [7, 11) is -4.06. The molecule has 1 aliphatic carbocycles. The van der Waals surface area contributed by atoms with Crippen LogP contribution in [0.3, 0.4) is 0 Å². The number of amides is 1. The van der Waals surface area contributed by atoms with Crippen LogP contribution in [0.25, 0.3) is 0 Å². The van der Waals surface area contributed by atoms with Crippen LogP contribution in [0.5, 0.6) is 0 Å². The molecule has 1 heterocycles. The van der Waals surface area contributed by atoms with E-state index in [1.165, 1.54) is 0 Å². The molecule has 1 aromatic carbocycles. The molecular formula is C18H23F2N4O3S+. The van der Waals surface area contributed by atoms with Gasteiger partial charge in [-0.15, -0.1) is 0 Å². The van der Waals surface area contributed by atoms with Crippen molar-refractivity contribution in [2.75, 3.05) is 32.7 Å². The molecule has 0 aromatic heterocycles. The predicted molar refractivity (Wildman–Crippen MR) is 95.6 cm³/mol. The first-order valence-corrected chi connectivity index (χ1v) is 10.6. The lowest BCUT2D eigenvalue weighted by atomic mass is 9.98. The van der Waals surface area contributed by atoms with E-state index in [0.29, 0.717) is 19.2 Å². The molecule has 0 radical (unpaired) electrons. The number of nitrogens with zero attached hydrogens (tertiary/aromatic N) is 2. The minimum Gasteiger partial charge on any atom is -0.333 e. The number of benzene rings is 1. The maximum Gasteiger partial charge on any atom is 0.276 e. The summed E-state index contributed by atoms with van der Waals surface area (Å²) in [6.07, 6.45) is 1.85. The van der Waals surface area contributed by atoms with Gasteiger partial charge in [0.05, 0.1) is 32.2 Å². The van der Waals surface area contributed by atoms with E-state index in [0.717, 1.165) is 34.2 Å². The summed E-state index contributed by atoms with van der Waals surface area (Å²) in [5.41, 5.74) is -0.859. The number of quaternary nitrogens is 1. The number of carbonyl (C=O) groups excluding carboxylic acids is 1. The number of rotatable bonds is 6. The lowest BCUT2D eigenvalue weighted by Crippen LogP contribution is -3.16. The molecule has 0 spiro atoms. The lowest BCUT2D eigenvalue weighted by molar-refractivity contribution is -0.895. The van der Waals surface area contributed by atoms with Crippen molar-refractivity contribution < 1.29 is 26.9 Å². The monoisotopic (exact) mass is 413 g/mol. The second-order valence-corrected chi connectivity index (χ2v) is 9.45. The smallest absolute Gasteiger partial charge is 0.276 e. The Balaban J connectivity index is 1.57. The van der Waals surface area contributed by atoms with E-state index in [-0.39, 0.29) is 31.5 Å². The third-order valence-electron chi connectivity index (χ3n) is 5.38. The molecule has 1 aromatic rings. The number of carbonyl (C=O) groups is 1. The molecule has 1 aliphatic heterocycles. The van der Waals surface area contributed by atoms with Gasteiger partial charge in [-0.2, -0.15) is 9.57 Å². The van der Waals surface area contributed by atoms with Gasteiger partial charge in [-0.1, -0.05) is 0 Å². The second-order valence-electron chi connectivity index (χ2n) is 7.54. The van der Waals surface area contributed by atoms with Crippen molar-refractivity contribution in [2.45, 2.75) is 30.2 Å². The van der Waals surface area contributed by atoms with E-state index in [9.17, 15) is 27.3 Å². The lowest BCUT2D eigenvalue weighted by Gasteiger charge is -2.32. The molecule has 2 fully saturated rings. The Morgan fingerprint density at radius 2 is 2.00 bits per heavy atom. The molecule has 1 amide bonds. The van der Waals surface area contributed by atoms with Gasteiger partial charge in [0.2, 0.25) is 10.0 Å². The zero-order chi connectivity index (χ0) is 20.5. The van der Waals surface area contributed by atoms with Gasteiger partial charge < -0.3 is 10.2 Å². The number of halogens is 2. The third-order valence-corrected chi connectivity index (χ3v) is 7.31. The summed E-state index contributed by atoms with van der Waals surface area (Å²) < 4.78 is 53.3. The Hall–Kier alpha value is -2.09. The Bertz CT molecular complexity index is 906. The third kappa shape index (κ3) is 4.32. The van der Waals surface area contributed by atoms with Crippen LogP contribution in [0.4, 0.5) is 8.78 Å². The number of sulfonamides is 1. The SMILES string of the molecule is C[C@@](C#N)(NC(=O)C[NH+]1CCN(S(=O)(=O)c2ccc(F)cc2F)CC1)C1CC1. The zero-order valence-electron chi connectivity index (χ0n) is 15.5. The Labute approximate surface area is 163 Å². The predicted octanol–water partition coefficient (Wildman–Crippen LogP) is -0.338. The van der Waals surface area contributed by atoms with Crippen molar-refractivity contribution in [1.82, 2.24) is 9.62 Å². The number of piperazine rings is 1. The minimum absolute atomic E-state index is 0.125. The fraction of sp³-hybridized carbons (Fsp3) is 0.556. The van der Waals surface area contributed by atoms with Crippen LogP contribution in [0.1, 0.15) is 19.8 Å². The van der Waals surface area contributed by atoms with Crippen LogP contribution < -0.4 is 10.2 Å². The highest BCUT2D eigenvalue weighted by molar-refractivity contribution is 7.89. The van der Waals surface area contributed by atoms with Crippen LogP contribution in [0.2, 0.25) is 0 Å².